The van der Waals surface area contributed by atoms with Gasteiger partial charge in [-0.3, -0.25) is 19.7 Å². The number of likely N-dealkylation sites (tertiary alicyclic amines) is 1. The SMILES string of the molecule is CC(=O)N1CCC[C@@H](Cn2c(-c3cc(C)c(=O)n(C)c3)nc3ccc(CN[C@H](C(=O)O)[C@@H](C)O)cc32)C1.Cl. The topological polar surface area (TPSA) is 130 Å². The third-order valence-corrected chi connectivity index (χ3v) is 7.11. The Morgan fingerprint density at radius 1 is 1.26 bits per heavy atom. The fourth-order valence-electron chi connectivity index (χ4n) is 5.13. The van der Waals surface area contributed by atoms with Crippen molar-refractivity contribution in [2.75, 3.05) is 13.1 Å². The maximum absolute atomic E-state index is 12.3. The lowest BCUT2D eigenvalue weighted by Crippen LogP contribution is -2.44. The monoisotopic (exact) mass is 545 g/mol. The number of carboxylic acid groups (broad SMARTS) is 1. The summed E-state index contributed by atoms with van der Waals surface area (Å²) in [5, 5.41) is 22.1. The van der Waals surface area contributed by atoms with Gasteiger partial charge in [0.05, 0.1) is 17.1 Å². The Morgan fingerprint density at radius 2 is 2.00 bits per heavy atom. The highest BCUT2D eigenvalue weighted by Crippen LogP contribution is 2.29. The van der Waals surface area contributed by atoms with E-state index in [9.17, 15) is 24.6 Å². The van der Waals surface area contributed by atoms with E-state index in [4.69, 9.17) is 4.98 Å². The molecule has 11 heteroatoms. The molecule has 4 rings (SSSR count). The Balaban J connectivity index is 0.00000400. The zero-order chi connectivity index (χ0) is 26.9. The van der Waals surface area contributed by atoms with Crippen LogP contribution in [0.1, 0.15) is 37.8 Å². The number of imidazole rings is 1. The number of aliphatic carboxylic acids is 1. The van der Waals surface area contributed by atoms with Crippen LogP contribution in [0.25, 0.3) is 22.4 Å². The number of carboxylic acids is 1. The van der Waals surface area contributed by atoms with Crippen LogP contribution in [0, 0.1) is 12.8 Å². The lowest BCUT2D eigenvalue weighted by Gasteiger charge is -2.32. The quantitative estimate of drug-likeness (QED) is 0.396. The molecule has 0 saturated carbocycles. The summed E-state index contributed by atoms with van der Waals surface area (Å²) < 4.78 is 3.71. The molecule has 3 heterocycles. The molecule has 2 aromatic heterocycles. The van der Waals surface area contributed by atoms with Gasteiger partial charge in [-0.2, -0.15) is 0 Å². The number of piperidine rings is 1. The molecule has 1 aliphatic heterocycles. The first-order valence-corrected chi connectivity index (χ1v) is 12.6. The summed E-state index contributed by atoms with van der Waals surface area (Å²) in [6.45, 7) is 7.20. The average Bonchev–Trinajstić information content (AvgIpc) is 3.19. The van der Waals surface area contributed by atoms with Gasteiger partial charge in [0, 0.05) is 57.5 Å². The van der Waals surface area contributed by atoms with Gasteiger partial charge in [0.2, 0.25) is 5.91 Å². The van der Waals surface area contributed by atoms with Crippen molar-refractivity contribution in [3.8, 4) is 11.4 Å². The molecule has 0 unspecified atom stereocenters. The summed E-state index contributed by atoms with van der Waals surface area (Å²) >= 11 is 0. The zero-order valence-corrected chi connectivity index (χ0v) is 23.0. The Kier molecular flexibility index (Phi) is 9.35. The van der Waals surface area contributed by atoms with E-state index in [1.807, 2.05) is 29.2 Å². The number of nitrogens with one attached hydrogen (secondary N) is 1. The second-order valence-corrected chi connectivity index (χ2v) is 10.1. The molecule has 1 saturated heterocycles. The first kappa shape index (κ1) is 29.3. The molecule has 1 aromatic carbocycles. The van der Waals surface area contributed by atoms with Gasteiger partial charge >= 0.3 is 5.97 Å². The number of aliphatic hydroxyl groups is 1. The summed E-state index contributed by atoms with van der Waals surface area (Å²) in [4.78, 5) is 42.6. The van der Waals surface area contributed by atoms with Crippen molar-refractivity contribution in [2.45, 2.75) is 58.8 Å². The summed E-state index contributed by atoms with van der Waals surface area (Å²) in [6, 6.07) is 6.55. The van der Waals surface area contributed by atoms with Gasteiger partial charge in [-0.05, 0) is 56.4 Å². The van der Waals surface area contributed by atoms with Crippen LogP contribution in [0.15, 0.2) is 35.3 Å². The predicted molar refractivity (Wildman–Crippen MR) is 147 cm³/mol. The molecular weight excluding hydrogens is 510 g/mol. The van der Waals surface area contributed by atoms with E-state index in [0.29, 0.717) is 18.7 Å². The second kappa shape index (κ2) is 12.1. The maximum atomic E-state index is 12.3. The zero-order valence-electron chi connectivity index (χ0n) is 22.2. The highest BCUT2D eigenvalue weighted by Gasteiger charge is 2.25. The van der Waals surface area contributed by atoms with Crippen LogP contribution in [-0.4, -0.2) is 66.3 Å². The van der Waals surface area contributed by atoms with E-state index >= 15 is 0 Å². The number of carbonyl (C=O) groups is 2. The number of hydrogen-bond donors (Lipinski definition) is 3. The molecule has 3 atom stereocenters. The van der Waals surface area contributed by atoms with Crippen LogP contribution >= 0.6 is 12.4 Å². The molecule has 1 amide bonds. The lowest BCUT2D eigenvalue weighted by molar-refractivity contribution is -0.142. The van der Waals surface area contributed by atoms with E-state index in [2.05, 4.69) is 9.88 Å². The van der Waals surface area contributed by atoms with Gasteiger partial charge in [0.15, 0.2) is 0 Å². The second-order valence-electron chi connectivity index (χ2n) is 10.1. The highest BCUT2D eigenvalue weighted by atomic mass is 35.5. The number of aliphatic hydroxyl groups excluding tert-OH is 1. The number of benzene rings is 1. The van der Waals surface area contributed by atoms with Crippen LogP contribution in [-0.2, 0) is 29.7 Å². The number of amides is 1. The van der Waals surface area contributed by atoms with E-state index < -0.39 is 18.1 Å². The Morgan fingerprint density at radius 3 is 2.63 bits per heavy atom. The molecule has 38 heavy (non-hydrogen) atoms. The van der Waals surface area contributed by atoms with Crippen molar-refractivity contribution < 1.29 is 19.8 Å². The number of hydrogen-bond acceptors (Lipinski definition) is 6. The first-order valence-electron chi connectivity index (χ1n) is 12.6. The van der Waals surface area contributed by atoms with Crippen molar-refractivity contribution in [3.63, 3.8) is 0 Å². The van der Waals surface area contributed by atoms with E-state index in [1.165, 1.54) is 6.92 Å². The number of rotatable bonds is 8. The van der Waals surface area contributed by atoms with Crippen LogP contribution < -0.4 is 10.9 Å². The van der Waals surface area contributed by atoms with Gasteiger partial charge < -0.3 is 24.2 Å². The fraction of sp³-hybridized carbons (Fsp3) is 0.481. The van der Waals surface area contributed by atoms with Crippen LogP contribution in [0.3, 0.4) is 0 Å². The number of aromatic nitrogens is 3. The van der Waals surface area contributed by atoms with Gasteiger partial charge in [-0.25, -0.2) is 4.98 Å². The Bertz CT molecular complexity index is 1360. The Labute approximate surface area is 227 Å². The maximum Gasteiger partial charge on any atom is 0.323 e. The Hall–Kier alpha value is -3.21. The van der Waals surface area contributed by atoms with Crippen molar-refractivity contribution in [1.29, 1.82) is 0 Å². The third kappa shape index (κ3) is 6.25. The molecule has 1 aliphatic rings. The van der Waals surface area contributed by atoms with Gasteiger partial charge in [-0.1, -0.05) is 6.07 Å². The molecule has 3 N–H and O–H groups in total. The van der Waals surface area contributed by atoms with Crippen molar-refractivity contribution in [1.82, 2.24) is 24.3 Å². The minimum atomic E-state index is -1.11. The largest absolute Gasteiger partial charge is 0.480 e. The summed E-state index contributed by atoms with van der Waals surface area (Å²) in [7, 11) is 1.72. The molecule has 0 spiro atoms. The molecule has 206 valence electrons. The standard InChI is InChI=1S/C27H35N5O5.ClH/c1-16-10-21(15-30(4)26(16)35)25-29-22-8-7-19(12-28-24(17(2)33)27(36)37)11-23(22)32(25)14-20-6-5-9-31(13-20)18(3)34;/h7-8,10-11,15,17,20,24,28,33H,5-6,9,12-14H2,1-4H3,(H,36,37);1H/t17-,20-,24+;/m1./s1. The van der Waals surface area contributed by atoms with Crippen LogP contribution in [0.2, 0.25) is 0 Å². The minimum Gasteiger partial charge on any atom is -0.480 e. The fourth-order valence-corrected chi connectivity index (χ4v) is 5.13. The molecule has 10 nitrogen and oxygen atoms in total. The normalized spacial score (nSPS) is 17.2. The molecule has 0 aliphatic carbocycles. The van der Waals surface area contributed by atoms with Crippen LogP contribution in [0.5, 0.6) is 0 Å². The highest BCUT2D eigenvalue weighted by molar-refractivity contribution is 5.85. The molecule has 1 fully saturated rings. The summed E-state index contributed by atoms with van der Waals surface area (Å²) in [5.41, 5.74) is 3.93. The number of aryl methyl sites for hydroxylation is 2. The molecule has 3 aromatic rings. The number of halogens is 1. The molecule has 0 bridgehead atoms. The number of carbonyl (C=O) groups excluding carboxylic acids is 1. The number of fused-ring (bicyclic) bond motifs is 1. The summed E-state index contributed by atoms with van der Waals surface area (Å²) in [6.07, 6.45) is 2.68. The molecule has 0 radical (unpaired) electrons. The van der Waals surface area contributed by atoms with Crippen molar-refractivity contribution >= 4 is 35.3 Å². The average molecular weight is 546 g/mol. The first-order chi connectivity index (χ1) is 17.5. The minimum absolute atomic E-state index is 0. The van der Waals surface area contributed by atoms with Gasteiger partial charge in [0.25, 0.3) is 5.56 Å². The van der Waals surface area contributed by atoms with Crippen molar-refractivity contribution in [2.24, 2.45) is 13.0 Å². The van der Waals surface area contributed by atoms with E-state index in [0.717, 1.165) is 47.4 Å². The number of nitrogens with zero attached hydrogens (tertiary/aromatic N) is 4. The third-order valence-electron chi connectivity index (χ3n) is 7.11. The van der Waals surface area contributed by atoms with Crippen LogP contribution in [0.4, 0.5) is 0 Å². The predicted octanol–water partition coefficient (Wildman–Crippen LogP) is 2.31. The van der Waals surface area contributed by atoms with Crippen molar-refractivity contribution in [3.05, 3.63) is 51.9 Å². The summed E-state index contributed by atoms with van der Waals surface area (Å²) in [5.74, 6) is -0.0451. The smallest absolute Gasteiger partial charge is 0.323 e. The van der Waals surface area contributed by atoms with Gasteiger partial charge in [0.1, 0.15) is 11.9 Å². The lowest BCUT2D eigenvalue weighted by atomic mass is 9.97. The molecular formula is C27H36ClN5O5. The van der Waals surface area contributed by atoms with E-state index in [1.54, 1.807) is 31.7 Å². The van der Waals surface area contributed by atoms with E-state index in [-0.39, 0.29) is 36.3 Å². The van der Waals surface area contributed by atoms with Gasteiger partial charge in [-0.15, -0.1) is 12.4 Å². The number of pyridine rings is 1.